The summed E-state index contributed by atoms with van der Waals surface area (Å²) < 4.78 is 0. The summed E-state index contributed by atoms with van der Waals surface area (Å²) in [5.41, 5.74) is 6.74. The number of halogens is 1. The topological polar surface area (TPSA) is 80.4 Å². The minimum atomic E-state index is -1.16. The van der Waals surface area contributed by atoms with Crippen LogP contribution in [0, 0.1) is 6.92 Å². The van der Waals surface area contributed by atoms with Gasteiger partial charge in [-0.25, -0.2) is 0 Å². The van der Waals surface area contributed by atoms with E-state index in [1.165, 1.54) is 0 Å². The molecule has 1 aromatic rings. The summed E-state index contributed by atoms with van der Waals surface area (Å²) in [6.45, 7) is 1.87. The lowest BCUT2D eigenvalue weighted by molar-refractivity contribution is -0.138. The van der Waals surface area contributed by atoms with Crippen molar-refractivity contribution < 1.29 is 14.7 Å². The van der Waals surface area contributed by atoms with Crippen LogP contribution in [0.25, 0.3) is 0 Å². The van der Waals surface area contributed by atoms with E-state index in [0.29, 0.717) is 5.56 Å². The average molecular weight is 244 g/mol. The van der Waals surface area contributed by atoms with Crippen molar-refractivity contribution >= 4 is 24.2 Å². The van der Waals surface area contributed by atoms with Gasteiger partial charge in [-0.05, 0) is 13.0 Å². The van der Waals surface area contributed by atoms with E-state index in [1.54, 1.807) is 18.2 Å². The molecule has 0 aliphatic rings. The molecule has 0 amide bonds. The van der Waals surface area contributed by atoms with Crippen molar-refractivity contribution in [3.63, 3.8) is 0 Å². The van der Waals surface area contributed by atoms with E-state index >= 15 is 0 Å². The van der Waals surface area contributed by atoms with E-state index in [9.17, 15) is 9.59 Å². The number of nitrogens with two attached hydrogens (primary N) is 1. The summed E-state index contributed by atoms with van der Waals surface area (Å²) in [5.74, 6) is -1.40. The SMILES string of the molecule is Cc1cccc(C(=O)CC(N)C(=O)O)c1.Cl. The number of aliphatic carboxylic acids is 1. The number of benzene rings is 1. The molecule has 0 aliphatic heterocycles. The van der Waals surface area contributed by atoms with Gasteiger partial charge in [-0.3, -0.25) is 9.59 Å². The lowest BCUT2D eigenvalue weighted by Crippen LogP contribution is -2.32. The quantitative estimate of drug-likeness (QED) is 0.784. The van der Waals surface area contributed by atoms with Gasteiger partial charge >= 0.3 is 5.97 Å². The maximum absolute atomic E-state index is 11.6. The predicted octanol–water partition coefficient (Wildman–Crippen LogP) is 1.40. The molecule has 1 rings (SSSR count). The van der Waals surface area contributed by atoms with Crippen LogP contribution < -0.4 is 5.73 Å². The van der Waals surface area contributed by atoms with Gasteiger partial charge in [-0.1, -0.05) is 23.8 Å². The zero-order valence-electron chi connectivity index (χ0n) is 8.84. The van der Waals surface area contributed by atoms with Crippen LogP contribution in [0.15, 0.2) is 24.3 Å². The van der Waals surface area contributed by atoms with Crippen LogP contribution in [0.5, 0.6) is 0 Å². The fourth-order valence-electron chi connectivity index (χ4n) is 1.22. The lowest BCUT2D eigenvalue weighted by atomic mass is 10.0. The summed E-state index contributed by atoms with van der Waals surface area (Å²) in [7, 11) is 0. The number of rotatable bonds is 4. The van der Waals surface area contributed by atoms with E-state index in [2.05, 4.69) is 0 Å². The minimum absolute atomic E-state index is 0. The summed E-state index contributed by atoms with van der Waals surface area (Å²) >= 11 is 0. The van der Waals surface area contributed by atoms with E-state index in [1.807, 2.05) is 13.0 Å². The van der Waals surface area contributed by atoms with Crippen molar-refractivity contribution in [1.29, 1.82) is 0 Å². The second-order valence-electron chi connectivity index (χ2n) is 3.44. The number of carbonyl (C=O) groups excluding carboxylic acids is 1. The van der Waals surface area contributed by atoms with E-state index in [0.717, 1.165) is 5.56 Å². The van der Waals surface area contributed by atoms with Crippen LogP contribution in [0.4, 0.5) is 0 Å². The van der Waals surface area contributed by atoms with Crippen LogP contribution in [0.3, 0.4) is 0 Å². The summed E-state index contributed by atoms with van der Waals surface area (Å²) in [6, 6.07) is 5.88. The molecule has 0 fully saturated rings. The van der Waals surface area contributed by atoms with E-state index < -0.39 is 12.0 Å². The first-order chi connectivity index (χ1) is 7.00. The molecule has 5 heteroatoms. The molecule has 1 atom stereocenters. The molecule has 1 aromatic carbocycles. The Kier molecular flexibility index (Phi) is 5.71. The molecule has 1 unspecified atom stereocenters. The fourth-order valence-corrected chi connectivity index (χ4v) is 1.22. The van der Waals surface area contributed by atoms with Gasteiger partial charge in [-0.15, -0.1) is 12.4 Å². The molecule has 0 aromatic heterocycles. The van der Waals surface area contributed by atoms with Crippen molar-refractivity contribution in [1.82, 2.24) is 0 Å². The fraction of sp³-hybridized carbons (Fsp3) is 0.273. The van der Waals surface area contributed by atoms with Crippen LogP contribution in [-0.2, 0) is 4.79 Å². The molecular weight excluding hydrogens is 230 g/mol. The molecule has 0 saturated carbocycles. The standard InChI is InChI=1S/C11H13NO3.ClH/c1-7-3-2-4-8(5-7)10(13)6-9(12)11(14)15;/h2-5,9H,6,12H2,1H3,(H,14,15);1H. The van der Waals surface area contributed by atoms with Crippen LogP contribution in [0.2, 0.25) is 0 Å². The summed E-state index contributed by atoms with van der Waals surface area (Å²) in [5, 5.41) is 8.56. The number of aryl methyl sites for hydroxylation is 1. The van der Waals surface area contributed by atoms with E-state index in [4.69, 9.17) is 10.8 Å². The molecule has 3 N–H and O–H groups in total. The first-order valence-corrected chi connectivity index (χ1v) is 4.59. The lowest BCUT2D eigenvalue weighted by Gasteiger charge is -2.05. The van der Waals surface area contributed by atoms with Crippen molar-refractivity contribution in [2.45, 2.75) is 19.4 Å². The molecule has 0 saturated heterocycles. The normalized spacial score (nSPS) is 11.4. The number of carboxylic acid groups (broad SMARTS) is 1. The Morgan fingerprint density at radius 2 is 2.06 bits per heavy atom. The third-order valence-corrected chi connectivity index (χ3v) is 2.06. The Morgan fingerprint density at radius 3 is 2.56 bits per heavy atom. The van der Waals surface area contributed by atoms with Crippen molar-refractivity contribution in [3.05, 3.63) is 35.4 Å². The van der Waals surface area contributed by atoms with Crippen LogP contribution in [-0.4, -0.2) is 22.9 Å². The van der Waals surface area contributed by atoms with Gasteiger partial charge in [0.25, 0.3) is 0 Å². The van der Waals surface area contributed by atoms with Gasteiger partial charge in [0.1, 0.15) is 6.04 Å². The van der Waals surface area contributed by atoms with Gasteiger partial charge in [0.05, 0.1) is 0 Å². The number of Topliss-reactive ketones (excluding diaryl/α,β-unsaturated/α-hetero) is 1. The molecule has 16 heavy (non-hydrogen) atoms. The Labute approximate surface area is 99.9 Å². The number of hydrogen-bond donors (Lipinski definition) is 2. The first-order valence-electron chi connectivity index (χ1n) is 4.59. The Bertz CT molecular complexity index is 393. The second kappa shape index (κ2) is 6.25. The number of ketones is 1. The average Bonchev–Trinajstić information content (AvgIpc) is 2.17. The van der Waals surface area contributed by atoms with Gasteiger partial charge in [-0.2, -0.15) is 0 Å². The molecule has 0 heterocycles. The highest BCUT2D eigenvalue weighted by Crippen LogP contribution is 2.07. The highest BCUT2D eigenvalue weighted by Gasteiger charge is 2.17. The smallest absolute Gasteiger partial charge is 0.320 e. The number of carbonyl (C=O) groups is 2. The molecule has 0 bridgehead atoms. The zero-order valence-corrected chi connectivity index (χ0v) is 9.66. The number of hydrogen-bond acceptors (Lipinski definition) is 3. The summed E-state index contributed by atoms with van der Waals surface area (Å²) in [4.78, 5) is 22.0. The first kappa shape index (κ1) is 14.6. The molecule has 0 aliphatic carbocycles. The Balaban J connectivity index is 0.00000225. The third kappa shape index (κ3) is 4.00. The minimum Gasteiger partial charge on any atom is -0.480 e. The highest BCUT2D eigenvalue weighted by molar-refractivity contribution is 5.98. The largest absolute Gasteiger partial charge is 0.480 e. The second-order valence-corrected chi connectivity index (χ2v) is 3.44. The molecule has 0 spiro atoms. The zero-order chi connectivity index (χ0) is 11.4. The Hall–Kier alpha value is -1.39. The third-order valence-electron chi connectivity index (χ3n) is 2.06. The number of carboxylic acids is 1. The Morgan fingerprint density at radius 1 is 1.44 bits per heavy atom. The predicted molar refractivity (Wildman–Crippen MR) is 63.0 cm³/mol. The van der Waals surface area contributed by atoms with Gasteiger partial charge in [0, 0.05) is 12.0 Å². The maximum Gasteiger partial charge on any atom is 0.320 e. The molecule has 0 radical (unpaired) electrons. The monoisotopic (exact) mass is 243 g/mol. The van der Waals surface area contributed by atoms with Crippen molar-refractivity contribution in [2.24, 2.45) is 5.73 Å². The van der Waals surface area contributed by atoms with Gasteiger partial charge in [0.2, 0.25) is 0 Å². The van der Waals surface area contributed by atoms with Crippen molar-refractivity contribution in [3.8, 4) is 0 Å². The highest BCUT2D eigenvalue weighted by atomic mass is 35.5. The molecule has 4 nitrogen and oxygen atoms in total. The van der Waals surface area contributed by atoms with Gasteiger partial charge in [0.15, 0.2) is 5.78 Å². The molecule has 88 valence electrons. The summed E-state index contributed by atoms with van der Waals surface area (Å²) in [6.07, 6.45) is -0.168. The van der Waals surface area contributed by atoms with Crippen LogP contribution >= 0.6 is 12.4 Å². The van der Waals surface area contributed by atoms with Crippen molar-refractivity contribution in [2.75, 3.05) is 0 Å². The van der Waals surface area contributed by atoms with E-state index in [-0.39, 0.29) is 24.6 Å². The maximum atomic E-state index is 11.6. The molecular formula is C11H14ClNO3. The van der Waals surface area contributed by atoms with Gasteiger partial charge < -0.3 is 10.8 Å². The van der Waals surface area contributed by atoms with Crippen LogP contribution in [0.1, 0.15) is 22.3 Å².